The molecule has 31 heavy (non-hydrogen) atoms. The Kier molecular flexibility index (Phi) is 7.74. The molecule has 1 aliphatic rings. The highest BCUT2D eigenvalue weighted by molar-refractivity contribution is 5.92. The van der Waals surface area contributed by atoms with E-state index in [0.717, 1.165) is 36.4 Å². The largest absolute Gasteiger partial charge is 0.459 e. The van der Waals surface area contributed by atoms with Crippen LogP contribution in [0.3, 0.4) is 0 Å². The molecule has 1 aliphatic heterocycles. The number of amides is 2. The molecule has 2 heterocycles. The quantitative estimate of drug-likeness (QED) is 0.651. The van der Waals surface area contributed by atoms with Crippen molar-refractivity contribution in [2.75, 3.05) is 37.5 Å². The molecule has 1 fully saturated rings. The number of nitrogens with one attached hydrogen (secondary N) is 1. The number of hydrogen-bond donors (Lipinski definition) is 1. The van der Waals surface area contributed by atoms with Gasteiger partial charge in [-0.3, -0.25) is 9.59 Å². The van der Waals surface area contributed by atoms with Crippen LogP contribution in [-0.2, 0) is 16.1 Å². The lowest BCUT2D eigenvalue weighted by Gasteiger charge is -2.27. The minimum atomic E-state index is -0.167. The predicted octanol–water partition coefficient (Wildman–Crippen LogP) is 4.15. The normalized spacial score (nSPS) is 15.8. The molecule has 3 rings (SSSR count). The Morgan fingerprint density at radius 3 is 2.65 bits per heavy atom. The zero-order valence-corrected chi connectivity index (χ0v) is 18.9. The maximum Gasteiger partial charge on any atom is 0.289 e. The molecule has 0 spiro atoms. The number of furan rings is 1. The number of carbonyl (C=O) groups excluding carboxylic acids is 2. The molecule has 0 bridgehead atoms. The summed E-state index contributed by atoms with van der Waals surface area (Å²) < 4.78 is 11.2. The van der Waals surface area contributed by atoms with Gasteiger partial charge < -0.3 is 24.3 Å². The first-order valence-corrected chi connectivity index (χ1v) is 10.9. The molecule has 1 N–H and O–H groups in total. The maximum absolute atomic E-state index is 13.2. The van der Waals surface area contributed by atoms with Gasteiger partial charge in [0, 0.05) is 51.6 Å². The highest BCUT2D eigenvalue weighted by Crippen LogP contribution is 2.26. The fourth-order valence-corrected chi connectivity index (χ4v) is 3.82. The zero-order valence-electron chi connectivity index (χ0n) is 18.9. The van der Waals surface area contributed by atoms with Crippen LogP contribution in [0.25, 0.3) is 0 Å². The number of ether oxygens (including phenoxy) is 1. The Labute approximate surface area is 184 Å². The van der Waals surface area contributed by atoms with Crippen LogP contribution in [0.4, 0.5) is 11.4 Å². The summed E-state index contributed by atoms with van der Waals surface area (Å²) in [4.78, 5) is 29.2. The second-order valence-corrected chi connectivity index (χ2v) is 8.68. The molecule has 0 aliphatic carbocycles. The van der Waals surface area contributed by atoms with Crippen molar-refractivity contribution >= 4 is 23.2 Å². The van der Waals surface area contributed by atoms with Crippen LogP contribution in [0.1, 0.15) is 49.2 Å². The average Bonchev–Trinajstić information content (AvgIpc) is 3.40. The lowest BCUT2D eigenvalue weighted by Crippen LogP contribution is -2.37. The molecule has 7 heteroatoms. The molecule has 0 unspecified atom stereocenters. The fourth-order valence-electron chi connectivity index (χ4n) is 3.82. The van der Waals surface area contributed by atoms with Crippen LogP contribution in [0, 0.1) is 5.92 Å². The second-order valence-electron chi connectivity index (χ2n) is 8.68. The smallest absolute Gasteiger partial charge is 0.289 e. The van der Waals surface area contributed by atoms with Crippen molar-refractivity contribution < 1.29 is 18.7 Å². The van der Waals surface area contributed by atoms with Gasteiger partial charge in [0.1, 0.15) is 0 Å². The molecular weight excluding hydrogens is 394 g/mol. The Morgan fingerprint density at radius 2 is 2.03 bits per heavy atom. The summed E-state index contributed by atoms with van der Waals surface area (Å²) in [6.45, 7) is 5.65. The number of nitrogens with zero attached hydrogens (tertiary/aromatic N) is 2. The summed E-state index contributed by atoms with van der Waals surface area (Å²) in [5, 5.41) is 2.98. The highest BCUT2D eigenvalue weighted by Gasteiger charge is 2.26. The summed E-state index contributed by atoms with van der Waals surface area (Å²) >= 11 is 0. The topological polar surface area (TPSA) is 75.0 Å². The second kappa shape index (κ2) is 10.5. The Morgan fingerprint density at radius 1 is 1.23 bits per heavy atom. The first-order valence-electron chi connectivity index (χ1n) is 10.9. The van der Waals surface area contributed by atoms with Crippen molar-refractivity contribution in [1.82, 2.24) is 4.90 Å². The van der Waals surface area contributed by atoms with E-state index in [2.05, 4.69) is 5.32 Å². The van der Waals surface area contributed by atoms with Gasteiger partial charge in [-0.1, -0.05) is 13.8 Å². The minimum Gasteiger partial charge on any atom is -0.459 e. The van der Waals surface area contributed by atoms with E-state index < -0.39 is 0 Å². The maximum atomic E-state index is 13.2. The molecule has 168 valence electrons. The van der Waals surface area contributed by atoms with Gasteiger partial charge in [0.2, 0.25) is 5.91 Å². The SMILES string of the molecule is CC(C)CC(=O)Nc1ccc(N(C)C)c(CN(C[C@H]2CCCO2)C(=O)c2ccco2)c1. The molecule has 0 saturated carbocycles. The van der Waals surface area contributed by atoms with E-state index in [9.17, 15) is 9.59 Å². The monoisotopic (exact) mass is 427 g/mol. The van der Waals surface area contributed by atoms with Crippen LogP contribution < -0.4 is 10.2 Å². The zero-order chi connectivity index (χ0) is 22.4. The van der Waals surface area contributed by atoms with E-state index in [1.54, 1.807) is 17.0 Å². The third kappa shape index (κ3) is 6.34. The molecule has 7 nitrogen and oxygen atoms in total. The lowest BCUT2D eigenvalue weighted by molar-refractivity contribution is -0.116. The van der Waals surface area contributed by atoms with Crippen molar-refractivity contribution in [3.05, 3.63) is 47.9 Å². The van der Waals surface area contributed by atoms with Crippen LogP contribution in [-0.4, -0.2) is 50.1 Å². The summed E-state index contributed by atoms with van der Waals surface area (Å²) in [5.41, 5.74) is 2.67. The summed E-state index contributed by atoms with van der Waals surface area (Å²) in [5.74, 6) is 0.417. The molecular formula is C24H33N3O4. The van der Waals surface area contributed by atoms with E-state index >= 15 is 0 Å². The van der Waals surface area contributed by atoms with Crippen LogP contribution in [0.2, 0.25) is 0 Å². The van der Waals surface area contributed by atoms with Gasteiger partial charge >= 0.3 is 0 Å². The summed E-state index contributed by atoms with van der Waals surface area (Å²) in [6.07, 6.45) is 3.94. The Bertz CT molecular complexity index is 871. The van der Waals surface area contributed by atoms with E-state index in [4.69, 9.17) is 9.15 Å². The standard InChI is InChI=1S/C24H33N3O4/c1-17(2)13-23(28)25-19-9-10-21(26(3)4)18(14-19)15-27(16-20-7-5-11-30-20)24(29)22-8-6-12-31-22/h6,8-10,12,14,17,20H,5,7,11,13,15-16H2,1-4H3,(H,25,28)/t20-/m1/s1. The lowest BCUT2D eigenvalue weighted by atomic mass is 10.1. The third-order valence-corrected chi connectivity index (χ3v) is 5.27. The van der Waals surface area contributed by atoms with Gasteiger partial charge in [-0.05, 0) is 54.7 Å². The van der Waals surface area contributed by atoms with Gasteiger partial charge in [-0.25, -0.2) is 0 Å². The Balaban J connectivity index is 1.85. The van der Waals surface area contributed by atoms with Crippen molar-refractivity contribution in [1.29, 1.82) is 0 Å². The van der Waals surface area contributed by atoms with Crippen LogP contribution >= 0.6 is 0 Å². The van der Waals surface area contributed by atoms with E-state index in [1.807, 2.05) is 51.0 Å². The van der Waals surface area contributed by atoms with Gasteiger partial charge in [-0.15, -0.1) is 0 Å². The molecule has 1 aromatic heterocycles. The summed E-state index contributed by atoms with van der Waals surface area (Å²) in [6, 6.07) is 9.22. The highest BCUT2D eigenvalue weighted by atomic mass is 16.5. The van der Waals surface area contributed by atoms with Crippen LogP contribution in [0.5, 0.6) is 0 Å². The number of anilines is 2. The molecule has 2 aromatic rings. The van der Waals surface area contributed by atoms with Gasteiger partial charge in [0.25, 0.3) is 5.91 Å². The first kappa shape index (κ1) is 22.9. The van der Waals surface area contributed by atoms with Gasteiger partial charge in [0.05, 0.1) is 12.4 Å². The van der Waals surface area contributed by atoms with Crippen LogP contribution in [0.15, 0.2) is 41.0 Å². The number of rotatable bonds is 9. The molecule has 2 amide bonds. The Hall–Kier alpha value is -2.80. The fraction of sp³-hybridized carbons (Fsp3) is 0.500. The molecule has 0 radical (unpaired) electrons. The predicted molar refractivity (Wildman–Crippen MR) is 121 cm³/mol. The number of carbonyl (C=O) groups is 2. The van der Waals surface area contributed by atoms with Gasteiger partial charge in [-0.2, -0.15) is 0 Å². The molecule has 1 saturated heterocycles. The minimum absolute atomic E-state index is 0.0126. The van der Waals surface area contributed by atoms with E-state index in [-0.39, 0.29) is 23.8 Å². The van der Waals surface area contributed by atoms with Crippen molar-refractivity contribution in [2.24, 2.45) is 5.92 Å². The average molecular weight is 428 g/mol. The number of benzene rings is 1. The first-order chi connectivity index (χ1) is 14.8. The third-order valence-electron chi connectivity index (χ3n) is 5.27. The van der Waals surface area contributed by atoms with Crippen molar-refractivity contribution in [3.63, 3.8) is 0 Å². The molecule has 1 atom stereocenters. The van der Waals surface area contributed by atoms with Crippen molar-refractivity contribution in [3.8, 4) is 0 Å². The summed E-state index contributed by atoms with van der Waals surface area (Å²) in [7, 11) is 3.93. The molecule has 1 aromatic carbocycles. The van der Waals surface area contributed by atoms with E-state index in [0.29, 0.717) is 25.3 Å². The van der Waals surface area contributed by atoms with Crippen molar-refractivity contribution in [2.45, 2.75) is 45.8 Å². The van der Waals surface area contributed by atoms with Gasteiger partial charge in [0.15, 0.2) is 5.76 Å². The number of hydrogen-bond acceptors (Lipinski definition) is 5. The van der Waals surface area contributed by atoms with E-state index in [1.165, 1.54) is 6.26 Å².